The average Bonchev–Trinajstić information content (AvgIpc) is 3.01. The Morgan fingerprint density at radius 1 is 1.42 bits per heavy atom. The van der Waals surface area contributed by atoms with Gasteiger partial charge in [-0.15, -0.1) is 0 Å². The first kappa shape index (κ1) is 18.5. The maximum absolute atomic E-state index is 14.0. The summed E-state index contributed by atoms with van der Waals surface area (Å²) in [5.41, 5.74) is 0.347. The zero-order valence-electron chi connectivity index (χ0n) is 14.8. The van der Waals surface area contributed by atoms with E-state index in [4.69, 9.17) is 9.47 Å². The number of nitrogens with one attached hydrogen (secondary N) is 2. The second kappa shape index (κ2) is 8.33. The largest absolute Gasteiger partial charge is 0.496 e. The van der Waals surface area contributed by atoms with Crippen molar-refractivity contribution in [3.05, 3.63) is 29.6 Å². The second-order valence-corrected chi connectivity index (χ2v) is 6.56. The van der Waals surface area contributed by atoms with E-state index >= 15 is 0 Å². The third-order valence-electron chi connectivity index (χ3n) is 4.46. The van der Waals surface area contributed by atoms with Crippen LogP contribution in [0.2, 0.25) is 0 Å². The smallest absolute Gasteiger partial charge is 0.315 e. The van der Waals surface area contributed by atoms with Crippen molar-refractivity contribution in [3.63, 3.8) is 0 Å². The molecule has 2 N–H and O–H groups in total. The SMILES string of the molecule is COc1cccc(F)c1[C@@H](C)NC(=O)NC[C@@H]1CCO[C@@H]1C(C)C. The number of ether oxygens (including phenoxy) is 2. The van der Waals surface area contributed by atoms with Crippen LogP contribution in [0.3, 0.4) is 0 Å². The van der Waals surface area contributed by atoms with Crippen LogP contribution in [0.15, 0.2) is 18.2 Å². The van der Waals surface area contributed by atoms with Gasteiger partial charge in [-0.25, -0.2) is 9.18 Å². The average molecular weight is 338 g/mol. The van der Waals surface area contributed by atoms with Gasteiger partial charge >= 0.3 is 6.03 Å². The minimum atomic E-state index is -0.498. The molecule has 2 amide bonds. The first-order chi connectivity index (χ1) is 11.4. The van der Waals surface area contributed by atoms with E-state index in [0.717, 1.165) is 13.0 Å². The normalized spacial score (nSPS) is 21.6. The summed E-state index contributed by atoms with van der Waals surface area (Å²) in [7, 11) is 1.48. The zero-order chi connectivity index (χ0) is 17.7. The van der Waals surface area contributed by atoms with Gasteiger partial charge in [-0.05, 0) is 31.4 Å². The summed E-state index contributed by atoms with van der Waals surface area (Å²) in [6.07, 6.45) is 1.12. The van der Waals surface area contributed by atoms with Crippen LogP contribution in [-0.4, -0.2) is 32.4 Å². The lowest BCUT2D eigenvalue weighted by Gasteiger charge is -2.23. The number of methoxy groups -OCH3 is 1. The van der Waals surface area contributed by atoms with Crippen molar-refractivity contribution in [1.82, 2.24) is 10.6 Å². The van der Waals surface area contributed by atoms with E-state index in [1.165, 1.54) is 13.2 Å². The minimum Gasteiger partial charge on any atom is -0.496 e. The molecule has 0 spiro atoms. The Labute approximate surface area is 142 Å². The summed E-state index contributed by atoms with van der Waals surface area (Å²) < 4.78 is 24.9. The van der Waals surface area contributed by atoms with Gasteiger partial charge in [0.15, 0.2) is 0 Å². The van der Waals surface area contributed by atoms with Crippen LogP contribution in [0, 0.1) is 17.7 Å². The summed E-state index contributed by atoms with van der Waals surface area (Å²) in [5.74, 6) is 0.760. The molecule has 0 aromatic heterocycles. The van der Waals surface area contributed by atoms with Crippen molar-refractivity contribution < 1.29 is 18.7 Å². The summed E-state index contributed by atoms with van der Waals surface area (Å²) in [6.45, 7) is 7.26. The number of halogens is 1. The Morgan fingerprint density at radius 3 is 2.83 bits per heavy atom. The van der Waals surface area contributed by atoms with Gasteiger partial charge in [0, 0.05) is 19.1 Å². The fourth-order valence-electron chi connectivity index (χ4n) is 3.27. The maximum atomic E-state index is 14.0. The van der Waals surface area contributed by atoms with Gasteiger partial charge in [0.25, 0.3) is 0 Å². The van der Waals surface area contributed by atoms with Crippen LogP contribution in [0.4, 0.5) is 9.18 Å². The van der Waals surface area contributed by atoms with Gasteiger partial charge in [-0.1, -0.05) is 19.9 Å². The molecule has 0 saturated carbocycles. The number of urea groups is 1. The van der Waals surface area contributed by atoms with E-state index in [1.54, 1.807) is 19.1 Å². The highest BCUT2D eigenvalue weighted by atomic mass is 19.1. The van der Waals surface area contributed by atoms with E-state index < -0.39 is 11.9 Å². The Morgan fingerprint density at radius 2 is 2.17 bits per heavy atom. The molecule has 5 nitrogen and oxygen atoms in total. The van der Waals surface area contributed by atoms with Crippen molar-refractivity contribution in [2.75, 3.05) is 20.3 Å². The molecule has 1 aromatic rings. The molecule has 0 radical (unpaired) electrons. The molecule has 1 heterocycles. The molecular formula is C18H27FN2O3. The lowest BCUT2D eigenvalue weighted by molar-refractivity contribution is 0.0545. The number of hydrogen-bond acceptors (Lipinski definition) is 3. The second-order valence-electron chi connectivity index (χ2n) is 6.56. The summed E-state index contributed by atoms with van der Waals surface area (Å²) in [4.78, 5) is 12.1. The van der Waals surface area contributed by atoms with Crippen LogP contribution in [-0.2, 0) is 4.74 Å². The molecule has 2 rings (SSSR count). The Balaban J connectivity index is 1.91. The van der Waals surface area contributed by atoms with E-state index in [1.807, 2.05) is 0 Å². The third-order valence-corrected chi connectivity index (χ3v) is 4.46. The molecule has 3 atom stereocenters. The van der Waals surface area contributed by atoms with Crippen LogP contribution in [0.1, 0.15) is 38.8 Å². The first-order valence-corrected chi connectivity index (χ1v) is 8.42. The molecule has 1 saturated heterocycles. The number of carbonyl (C=O) groups excluding carboxylic acids is 1. The fourth-order valence-corrected chi connectivity index (χ4v) is 3.27. The number of hydrogen-bond donors (Lipinski definition) is 2. The minimum absolute atomic E-state index is 0.175. The van der Waals surface area contributed by atoms with Crippen molar-refractivity contribution in [2.24, 2.45) is 11.8 Å². The topological polar surface area (TPSA) is 59.6 Å². The number of amides is 2. The number of benzene rings is 1. The predicted octanol–water partition coefficient (Wildman–Crippen LogP) is 3.26. The van der Waals surface area contributed by atoms with Gasteiger partial charge in [-0.3, -0.25) is 0 Å². The maximum Gasteiger partial charge on any atom is 0.315 e. The van der Waals surface area contributed by atoms with Crippen LogP contribution >= 0.6 is 0 Å². The summed E-state index contributed by atoms with van der Waals surface area (Å²) >= 11 is 0. The molecule has 1 fully saturated rings. The summed E-state index contributed by atoms with van der Waals surface area (Å²) in [6, 6.07) is 3.80. The van der Waals surface area contributed by atoms with Gasteiger partial charge in [0.1, 0.15) is 11.6 Å². The fraction of sp³-hybridized carbons (Fsp3) is 0.611. The highest BCUT2D eigenvalue weighted by molar-refractivity contribution is 5.74. The van der Waals surface area contributed by atoms with Crippen molar-refractivity contribution >= 4 is 6.03 Å². The molecule has 1 aliphatic rings. The molecule has 0 unspecified atom stereocenters. The van der Waals surface area contributed by atoms with E-state index in [2.05, 4.69) is 24.5 Å². The predicted molar refractivity (Wildman–Crippen MR) is 90.6 cm³/mol. The quantitative estimate of drug-likeness (QED) is 0.837. The van der Waals surface area contributed by atoms with Gasteiger partial charge in [0.2, 0.25) is 0 Å². The number of rotatable bonds is 6. The summed E-state index contributed by atoms with van der Waals surface area (Å²) in [5, 5.41) is 5.64. The monoisotopic (exact) mass is 338 g/mol. The van der Waals surface area contributed by atoms with Crippen LogP contribution in [0.5, 0.6) is 5.75 Å². The highest BCUT2D eigenvalue weighted by Gasteiger charge is 2.30. The molecule has 0 bridgehead atoms. The Hall–Kier alpha value is -1.82. The molecule has 1 aromatic carbocycles. The van der Waals surface area contributed by atoms with E-state index in [0.29, 0.717) is 29.7 Å². The van der Waals surface area contributed by atoms with E-state index in [9.17, 15) is 9.18 Å². The molecule has 1 aliphatic heterocycles. The first-order valence-electron chi connectivity index (χ1n) is 8.42. The Bertz CT molecular complexity index is 565. The van der Waals surface area contributed by atoms with Crippen molar-refractivity contribution in [1.29, 1.82) is 0 Å². The molecule has 0 aliphatic carbocycles. The van der Waals surface area contributed by atoms with Gasteiger partial charge in [-0.2, -0.15) is 0 Å². The lowest BCUT2D eigenvalue weighted by atomic mass is 9.93. The highest BCUT2D eigenvalue weighted by Crippen LogP contribution is 2.28. The third kappa shape index (κ3) is 4.38. The van der Waals surface area contributed by atoms with Crippen molar-refractivity contribution in [2.45, 2.75) is 39.3 Å². The molecular weight excluding hydrogens is 311 g/mol. The molecule has 24 heavy (non-hydrogen) atoms. The lowest BCUT2D eigenvalue weighted by Crippen LogP contribution is -2.41. The molecule has 6 heteroatoms. The Kier molecular flexibility index (Phi) is 6.43. The zero-order valence-corrected chi connectivity index (χ0v) is 14.8. The van der Waals surface area contributed by atoms with Crippen LogP contribution < -0.4 is 15.4 Å². The molecule has 134 valence electrons. The van der Waals surface area contributed by atoms with Gasteiger partial charge < -0.3 is 20.1 Å². The van der Waals surface area contributed by atoms with Crippen molar-refractivity contribution in [3.8, 4) is 5.75 Å². The number of carbonyl (C=O) groups is 1. The standard InChI is InChI=1S/C18H27FN2O3/c1-11(2)17-13(8-9-24-17)10-20-18(22)21-12(3)16-14(19)6-5-7-15(16)23-4/h5-7,11-13,17H,8-10H2,1-4H3,(H2,20,21,22)/t12-,13+,17-/m1/s1. The van der Waals surface area contributed by atoms with E-state index in [-0.39, 0.29) is 12.1 Å². The van der Waals surface area contributed by atoms with Gasteiger partial charge in [0.05, 0.1) is 24.8 Å². The van der Waals surface area contributed by atoms with Crippen LogP contribution in [0.25, 0.3) is 0 Å².